The molecule has 0 aromatic heterocycles. The van der Waals surface area contributed by atoms with Crippen LogP contribution in [-0.2, 0) is 16.1 Å². The van der Waals surface area contributed by atoms with Crippen LogP contribution in [0.25, 0.3) is 5.76 Å². The molecule has 1 aliphatic heterocycles. The first-order valence-corrected chi connectivity index (χ1v) is 11.7. The topological polar surface area (TPSA) is 104 Å². The molecule has 0 saturated carbocycles. The van der Waals surface area contributed by atoms with Crippen molar-refractivity contribution >= 4 is 17.4 Å². The van der Waals surface area contributed by atoms with Crippen LogP contribution in [0.4, 0.5) is 0 Å². The van der Waals surface area contributed by atoms with Crippen molar-refractivity contribution in [3.8, 4) is 28.7 Å². The Morgan fingerprint density at radius 1 is 0.737 bits per heavy atom. The van der Waals surface area contributed by atoms with Gasteiger partial charge in [0, 0.05) is 12.1 Å². The highest BCUT2D eigenvalue weighted by Crippen LogP contribution is 2.42. The molecule has 4 rings (SSSR count). The zero-order valence-corrected chi connectivity index (χ0v) is 21.8. The van der Waals surface area contributed by atoms with Crippen molar-refractivity contribution < 1.29 is 38.4 Å². The summed E-state index contributed by atoms with van der Waals surface area (Å²) in [6.45, 7) is 0.0876. The molecule has 0 spiro atoms. The lowest BCUT2D eigenvalue weighted by atomic mass is 9.95. The van der Waals surface area contributed by atoms with Crippen molar-refractivity contribution in [1.82, 2.24) is 4.90 Å². The zero-order chi connectivity index (χ0) is 27.4. The van der Waals surface area contributed by atoms with E-state index in [0.29, 0.717) is 45.4 Å². The second-order valence-electron chi connectivity index (χ2n) is 8.46. The summed E-state index contributed by atoms with van der Waals surface area (Å²) in [5, 5.41) is 11.4. The maximum Gasteiger partial charge on any atom is 0.295 e. The number of carbonyl (C=O) groups is 2. The molecule has 1 heterocycles. The molecule has 38 heavy (non-hydrogen) atoms. The number of Topliss-reactive ketones (excluding diaryl/α,β-unsaturated/α-hetero) is 1. The average molecular weight is 520 g/mol. The van der Waals surface area contributed by atoms with E-state index in [1.807, 2.05) is 0 Å². The summed E-state index contributed by atoms with van der Waals surface area (Å²) >= 11 is 0. The van der Waals surface area contributed by atoms with Crippen LogP contribution < -0.4 is 23.7 Å². The molecule has 1 amide bonds. The molecule has 9 heteroatoms. The number of ketones is 1. The minimum absolute atomic E-state index is 0.0344. The number of hydrogen-bond acceptors (Lipinski definition) is 8. The van der Waals surface area contributed by atoms with Gasteiger partial charge in [-0.15, -0.1) is 0 Å². The predicted molar refractivity (Wildman–Crippen MR) is 140 cm³/mol. The highest BCUT2D eigenvalue weighted by atomic mass is 16.5. The van der Waals surface area contributed by atoms with Gasteiger partial charge >= 0.3 is 0 Å². The Morgan fingerprint density at radius 3 is 1.89 bits per heavy atom. The summed E-state index contributed by atoms with van der Waals surface area (Å²) in [5.41, 5.74) is 1.62. The molecule has 3 aromatic rings. The molecule has 1 N–H and O–H groups in total. The number of amides is 1. The summed E-state index contributed by atoms with van der Waals surface area (Å²) in [4.78, 5) is 28.2. The Labute approximate surface area is 220 Å². The van der Waals surface area contributed by atoms with Crippen molar-refractivity contribution in [2.24, 2.45) is 0 Å². The number of ether oxygens (including phenoxy) is 5. The molecule has 1 fully saturated rings. The second-order valence-corrected chi connectivity index (χ2v) is 8.46. The van der Waals surface area contributed by atoms with Crippen LogP contribution in [0.1, 0.15) is 22.7 Å². The van der Waals surface area contributed by atoms with Gasteiger partial charge < -0.3 is 33.7 Å². The lowest BCUT2D eigenvalue weighted by Crippen LogP contribution is -2.29. The Balaban J connectivity index is 1.85. The van der Waals surface area contributed by atoms with Gasteiger partial charge in [-0.1, -0.05) is 18.2 Å². The van der Waals surface area contributed by atoms with Gasteiger partial charge in [0.1, 0.15) is 11.5 Å². The highest BCUT2D eigenvalue weighted by Gasteiger charge is 2.46. The highest BCUT2D eigenvalue weighted by molar-refractivity contribution is 6.46. The van der Waals surface area contributed by atoms with E-state index in [1.54, 1.807) is 67.8 Å². The van der Waals surface area contributed by atoms with Crippen molar-refractivity contribution in [1.29, 1.82) is 0 Å². The third-order valence-corrected chi connectivity index (χ3v) is 6.43. The molecule has 0 bridgehead atoms. The van der Waals surface area contributed by atoms with E-state index in [-0.39, 0.29) is 17.9 Å². The number of benzene rings is 3. The van der Waals surface area contributed by atoms with Gasteiger partial charge in [-0.25, -0.2) is 0 Å². The maximum atomic E-state index is 13.4. The summed E-state index contributed by atoms with van der Waals surface area (Å²) in [6, 6.07) is 16.2. The standard InChI is InChI=1S/C29H29NO8/c1-34-20-10-7-18(8-11-20)26-25(27(31)19-9-13-22(36-3)24(15-19)38-5)28(32)29(33)30(26)16-17-6-12-21(35-2)23(14-17)37-4/h6-15,26,31H,16H2,1-5H3/b27-25-. The number of hydrogen-bond donors (Lipinski definition) is 1. The number of rotatable bonds is 9. The molecule has 1 aliphatic rings. The van der Waals surface area contributed by atoms with Crippen LogP contribution in [0, 0.1) is 0 Å². The van der Waals surface area contributed by atoms with E-state index in [4.69, 9.17) is 23.7 Å². The third-order valence-electron chi connectivity index (χ3n) is 6.43. The van der Waals surface area contributed by atoms with E-state index in [2.05, 4.69) is 0 Å². The zero-order valence-electron chi connectivity index (χ0n) is 21.8. The van der Waals surface area contributed by atoms with Gasteiger partial charge in [0.15, 0.2) is 23.0 Å². The summed E-state index contributed by atoms with van der Waals surface area (Å²) in [7, 11) is 7.58. The predicted octanol–water partition coefficient (Wildman–Crippen LogP) is 4.35. The van der Waals surface area contributed by atoms with Crippen LogP contribution in [0.2, 0.25) is 0 Å². The Kier molecular flexibility index (Phi) is 7.76. The first-order valence-electron chi connectivity index (χ1n) is 11.7. The largest absolute Gasteiger partial charge is 0.507 e. The molecule has 1 unspecified atom stereocenters. The SMILES string of the molecule is COc1ccc(C2/C(=C(/O)c3ccc(OC)c(OC)c3)C(=O)C(=O)N2Cc2ccc(OC)c(OC)c2)cc1. The average Bonchev–Trinajstić information content (AvgIpc) is 3.21. The smallest absolute Gasteiger partial charge is 0.295 e. The van der Waals surface area contributed by atoms with Crippen LogP contribution in [0.15, 0.2) is 66.2 Å². The van der Waals surface area contributed by atoms with Crippen LogP contribution in [0.5, 0.6) is 28.7 Å². The number of carbonyl (C=O) groups excluding carboxylic acids is 2. The van der Waals surface area contributed by atoms with E-state index in [1.165, 1.54) is 33.3 Å². The quantitative estimate of drug-likeness (QED) is 0.253. The molecule has 0 aliphatic carbocycles. The second kappa shape index (κ2) is 11.2. The normalized spacial score (nSPS) is 16.3. The molecule has 1 atom stereocenters. The monoisotopic (exact) mass is 519 g/mol. The van der Waals surface area contributed by atoms with Gasteiger partial charge in [0.25, 0.3) is 11.7 Å². The fourth-order valence-corrected chi connectivity index (χ4v) is 4.49. The fourth-order valence-electron chi connectivity index (χ4n) is 4.49. The molecule has 198 valence electrons. The number of likely N-dealkylation sites (tertiary alicyclic amines) is 1. The summed E-state index contributed by atoms with van der Waals surface area (Å²) in [6.07, 6.45) is 0. The van der Waals surface area contributed by atoms with Gasteiger partial charge in [0.05, 0.1) is 47.2 Å². The Bertz CT molecular complexity index is 1380. The van der Waals surface area contributed by atoms with E-state index in [9.17, 15) is 14.7 Å². The summed E-state index contributed by atoms with van der Waals surface area (Å²) in [5.74, 6) is 0.639. The summed E-state index contributed by atoms with van der Waals surface area (Å²) < 4.78 is 26.6. The van der Waals surface area contributed by atoms with Gasteiger partial charge in [0.2, 0.25) is 0 Å². The van der Waals surface area contributed by atoms with Gasteiger partial charge in [-0.2, -0.15) is 0 Å². The molecular weight excluding hydrogens is 490 g/mol. The Morgan fingerprint density at radius 2 is 1.32 bits per heavy atom. The molecule has 0 radical (unpaired) electrons. The molecule has 1 saturated heterocycles. The van der Waals surface area contributed by atoms with Crippen LogP contribution in [-0.4, -0.2) is 57.2 Å². The van der Waals surface area contributed by atoms with Gasteiger partial charge in [-0.05, 0) is 53.6 Å². The molecular formula is C29H29NO8. The lowest BCUT2D eigenvalue weighted by Gasteiger charge is -2.26. The first-order chi connectivity index (χ1) is 18.4. The van der Waals surface area contributed by atoms with Crippen molar-refractivity contribution in [2.45, 2.75) is 12.6 Å². The van der Waals surface area contributed by atoms with E-state index in [0.717, 1.165) is 0 Å². The van der Waals surface area contributed by atoms with Crippen molar-refractivity contribution in [2.75, 3.05) is 35.5 Å². The van der Waals surface area contributed by atoms with E-state index < -0.39 is 17.7 Å². The van der Waals surface area contributed by atoms with Crippen molar-refractivity contribution in [3.05, 3.63) is 82.9 Å². The molecule has 9 nitrogen and oxygen atoms in total. The lowest BCUT2D eigenvalue weighted by molar-refractivity contribution is -0.140. The van der Waals surface area contributed by atoms with Crippen LogP contribution >= 0.6 is 0 Å². The molecule has 3 aromatic carbocycles. The van der Waals surface area contributed by atoms with Crippen molar-refractivity contribution in [3.63, 3.8) is 0 Å². The number of aliphatic hydroxyl groups excluding tert-OH is 1. The number of aliphatic hydroxyl groups is 1. The minimum atomic E-state index is -0.859. The number of nitrogens with zero attached hydrogens (tertiary/aromatic N) is 1. The Hall–Kier alpha value is -4.66. The third kappa shape index (κ3) is 4.82. The number of methoxy groups -OCH3 is 5. The van der Waals surface area contributed by atoms with Gasteiger partial charge in [-0.3, -0.25) is 9.59 Å². The van der Waals surface area contributed by atoms with E-state index >= 15 is 0 Å². The van der Waals surface area contributed by atoms with Crippen LogP contribution in [0.3, 0.4) is 0 Å². The fraction of sp³-hybridized carbons (Fsp3) is 0.241. The first kappa shape index (κ1) is 26.4. The minimum Gasteiger partial charge on any atom is -0.507 e. The maximum absolute atomic E-state index is 13.4.